The minimum atomic E-state index is -1.56. The molecule has 0 saturated heterocycles. The van der Waals surface area contributed by atoms with E-state index >= 15 is 0 Å². The lowest BCUT2D eigenvalue weighted by Crippen LogP contribution is -2.31. The Bertz CT molecular complexity index is 212. The van der Waals surface area contributed by atoms with Crippen molar-refractivity contribution in [2.24, 2.45) is 5.73 Å². The molecule has 0 aliphatic carbocycles. The summed E-state index contributed by atoms with van der Waals surface area (Å²) in [6.45, 7) is 0. The molecule has 0 aliphatic heterocycles. The minimum Gasteiger partial charge on any atom is -0.480 e. The number of aliphatic carboxylic acids is 2. The van der Waals surface area contributed by atoms with Gasteiger partial charge < -0.3 is 15.9 Å². The van der Waals surface area contributed by atoms with E-state index in [1.165, 1.54) is 0 Å². The predicted octanol–water partition coefficient (Wildman–Crippen LogP) is -1.17. The van der Waals surface area contributed by atoms with Crippen molar-refractivity contribution in [3.8, 4) is 0 Å². The van der Waals surface area contributed by atoms with Crippen LogP contribution in [0.25, 0.3) is 0 Å². The fourth-order valence-electron chi connectivity index (χ4n) is 0.517. The highest BCUT2D eigenvalue weighted by Gasteiger charge is 2.16. The Morgan fingerprint density at radius 3 is 2.08 bits per heavy atom. The number of hydrogen-bond donors (Lipinski definition) is 3. The van der Waals surface area contributed by atoms with Crippen LogP contribution in [0.15, 0.2) is 0 Å². The van der Waals surface area contributed by atoms with E-state index in [4.69, 9.17) is 15.9 Å². The molecule has 0 rings (SSSR count). The number of nitrogens with two attached hydrogens (primary N) is 1. The number of ketones is 1. The van der Waals surface area contributed by atoms with Crippen molar-refractivity contribution in [2.45, 2.75) is 18.9 Å². The van der Waals surface area contributed by atoms with Gasteiger partial charge in [-0.25, -0.2) is 4.79 Å². The van der Waals surface area contributed by atoms with Crippen LogP contribution in [-0.2, 0) is 14.4 Å². The van der Waals surface area contributed by atoms with E-state index in [1.807, 2.05) is 0 Å². The highest BCUT2D eigenvalue weighted by molar-refractivity contribution is 6.32. The van der Waals surface area contributed by atoms with E-state index in [1.54, 1.807) is 0 Å². The van der Waals surface area contributed by atoms with Gasteiger partial charge in [-0.15, -0.1) is 0 Å². The Balaban J connectivity index is 3.76. The fraction of sp³-hybridized carbons (Fsp3) is 0.500. The smallest absolute Gasteiger partial charge is 0.372 e. The first-order valence-electron chi connectivity index (χ1n) is 3.19. The number of carbonyl (C=O) groups is 3. The Labute approximate surface area is 68.0 Å². The molecular weight excluding hydrogens is 166 g/mol. The summed E-state index contributed by atoms with van der Waals surface area (Å²) in [6, 6.07) is -1.17. The average molecular weight is 175 g/mol. The number of carboxylic acid groups (broad SMARTS) is 2. The number of hydrogen-bond acceptors (Lipinski definition) is 4. The summed E-state index contributed by atoms with van der Waals surface area (Å²) in [6.07, 6.45) is -0.497. The molecule has 12 heavy (non-hydrogen) atoms. The van der Waals surface area contributed by atoms with E-state index in [0.29, 0.717) is 0 Å². The second-order valence-corrected chi connectivity index (χ2v) is 2.21. The van der Waals surface area contributed by atoms with E-state index in [0.717, 1.165) is 0 Å². The molecule has 0 saturated carbocycles. The summed E-state index contributed by atoms with van der Waals surface area (Å²) in [5.41, 5.74) is 5.02. The van der Waals surface area contributed by atoms with E-state index < -0.39 is 23.8 Å². The molecular formula is C6H9NO5. The van der Waals surface area contributed by atoms with Crippen LogP contribution in [0.4, 0.5) is 0 Å². The predicted molar refractivity (Wildman–Crippen MR) is 37.5 cm³/mol. The largest absolute Gasteiger partial charge is 0.480 e. The van der Waals surface area contributed by atoms with Crippen molar-refractivity contribution >= 4 is 17.7 Å². The third-order valence-electron chi connectivity index (χ3n) is 1.24. The quantitative estimate of drug-likeness (QED) is 0.453. The van der Waals surface area contributed by atoms with Gasteiger partial charge in [0.15, 0.2) is 0 Å². The van der Waals surface area contributed by atoms with Crippen molar-refractivity contribution in [1.82, 2.24) is 0 Å². The maximum absolute atomic E-state index is 10.4. The Hall–Kier alpha value is -1.43. The van der Waals surface area contributed by atoms with Gasteiger partial charge in [-0.1, -0.05) is 0 Å². The Morgan fingerprint density at radius 1 is 1.25 bits per heavy atom. The van der Waals surface area contributed by atoms with Gasteiger partial charge in [-0.2, -0.15) is 0 Å². The Kier molecular flexibility index (Phi) is 3.92. The first-order chi connectivity index (χ1) is 5.45. The lowest BCUT2D eigenvalue weighted by atomic mass is 10.1. The molecule has 0 fully saturated rings. The number of carboxylic acids is 2. The average Bonchev–Trinajstić information content (AvgIpc) is 1.98. The summed E-state index contributed by atoms with van der Waals surface area (Å²) in [5, 5.41) is 16.3. The van der Waals surface area contributed by atoms with Gasteiger partial charge in [-0.05, 0) is 6.42 Å². The van der Waals surface area contributed by atoms with Crippen LogP contribution in [0.3, 0.4) is 0 Å². The molecule has 68 valence electrons. The Morgan fingerprint density at radius 2 is 1.75 bits per heavy atom. The fourth-order valence-corrected chi connectivity index (χ4v) is 0.517. The molecule has 4 N–H and O–H groups in total. The van der Waals surface area contributed by atoms with Crippen molar-refractivity contribution < 1.29 is 24.6 Å². The molecule has 0 spiro atoms. The minimum absolute atomic E-state index is 0.152. The lowest BCUT2D eigenvalue weighted by Gasteiger charge is -2.02. The second kappa shape index (κ2) is 4.45. The summed E-state index contributed by atoms with van der Waals surface area (Å²) < 4.78 is 0. The van der Waals surface area contributed by atoms with Crippen LogP contribution < -0.4 is 5.73 Å². The second-order valence-electron chi connectivity index (χ2n) is 2.21. The summed E-state index contributed by atoms with van der Waals surface area (Å²) in [7, 11) is 0. The molecule has 0 bridgehead atoms. The van der Waals surface area contributed by atoms with Gasteiger partial charge >= 0.3 is 11.9 Å². The van der Waals surface area contributed by atoms with Crippen molar-refractivity contribution in [3.05, 3.63) is 0 Å². The molecule has 1 unspecified atom stereocenters. The van der Waals surface area contributed by atoms with Gasteiger partial charge in [0.05, 0.1) is 0 Å². The molecule has 1 atom stereocenters. The van der Waals surface area contributed by atoms with Crippen LogP contribution in [0, 0.1) is 0 Å². The topological polar surface area (TPSA) is 118 Å². The summed E-state index contributed by atoms with van der Waals surface area (Å²) >= 11 is 0. The molecule has 6 heteroatoms. The molecule has 0 radical (unpaired) electrons. The van der Waals surface area contributed by atoms with Gasteiger partial charge in [0.25, 0.3) is 0 Å². The maximum atomic E-state index is 10.4. The van der Waals surface area contributed by atoms with Crippen molar-refractivity contribution in [2.75, 3.05) is 0 Å². The van der Waals surface area contributed by atoms with Crippen LogP contribution >= 0.6 is 0 Å². The molecule has 0 amide bonds. The van der Waals surface area contributed by atoms with Crippen LogP contribution in [-0.4, -0.2) is 34.0 Å². The first kappa shape index (κ1) is 10.6. The number of Topliss-reactive ketones (excluding diaryl/α,β-unsaturated/α-hetero) is 1. The van der Waals surface area contributed by atoms with Crippen LogP contribution in [0.2, 0.25) is 0 Å². The maximum Gasteiger partial charge on any atom is 0.372 e. The lowest BCUT2D eigenvalue weighted by molar-refractivity contribution is -0.149. The number of carbonyl (C=O) groups excluding carboxylic acids is 1. The molecule has 0 aromatic heterocycles. The monoisotopic (exact) mass is 175 g/mol. The molecule has 0 heterocycles. The van der Waals surface area contributed by atoms with E-state index in [2.05, 4.69) is 0 Å². The molecule has 6 nitrogen and oxygen atoms in total. The van der Waals surface area contributed by atoms with E-state index in [9.17, 15) is 14.4 Å². The van der Waals surface area contributed by atoms with Crippen LogP contribution in [0.5, 0.6) is 0 Å². The summed E-state index contributed by atoms with van der Waals surface area (Å²) in [5.74, 6) is -3.83. The third-order valence-corrected chi connectivity index (χ3v) is 1.24. The highest BCUT2D eigenvalue weighted by atomic mass is 16.4. The zero-order valence-corrected chi connectivity index (χ0v) is 6.19. The zero-order valence-electron chi connectivity index (χ0n) is 6.19. The van der Waals surface area contributed by atoms with Gasteiger partial charge in [0, 0.05) is 6.42 Å². The standard InChI is InChI=1S/C6H9NO5/c7-3(5(9)10)1-2-4(8)6(11)12/h3H,1-2,7H2,(H,9,10)(H,11,12). The molecule has 0 aromatic carbocycles. The normalized spacial score (nSPS) is 12.1. The zero-order chi connectivity index (χ0) is 9.72. The highest BCUT2D eigenvalue weighted by Crippen LogP contribution is 1.95. The van der Waals surface area contributed by atoms with Crippen molar-refractivity contribution in [1.29, 1.82) is 0 Å². The van der Waals surface area contributed by atoms with E-state index in [-0.39, 0.29) is 12.8 Å². The molecule has 0 aliphatic rings. The van der Waals surface area contributed by atoms with Gasteiger partial charge in [-0.3, -0.25) is 9.59 Å². The van der Waals surface area contributed by atoms with Crippen molar-refractivity contribution in [3.63, 3.8) is 0 Å². The number of rotatable bonds is 5. The van der Waals surface area contributed by atoms with Gasteiger partial charge in [0.2, 0.25) is 5.78 Å². The van der Waals surface area contributed by atoms with Crippen LogP contribution in [0.1, 0.15) is 12.8 Å². The molecule has 0 aromatic rings. The summed E-state index contributed by atoms with van der Waals surface area (Å²) in [4.78, 5) is 30.5. The third kappa shape index (κ3) is 3.67. The first-order valence-corrected chi connectivity index (χ1v) is 3.19. The SMILES string of the molecule is NC(CCC(=O)C(=O)O)C(=O)O. The van der Waals surface area contributed by atoms with Gasteiger partial charge in [0.1, 0.15) is 6.04 Å².